The summed E-state index contributed by atoms with van der Waals surface area (Å²) in [7, 11) is 0. The van der Waals surface area contributed by atoms with E-state index in [0.717, 1.165) is 0 Å². The molecule has 0 aromatic heterocycles. The molecule has 1 aromatic rings. The molecule has 0 saturated carbocycles. The molecule has 0 bridgehead atoms. The summed E-state index contributed by atoms with van der Waals surface area (Å²) >= 11 is 11.6. The highest BCUT2D eigenvalue weighted by Gasteiger charge is 2.06. The summed E-state index contributed by atoms with van der Waals surface area (Å²) in [4.78, 5) is 15.8. The Morgan fingerprint density at radius 1 is 1.38 bits per heavy atom. The molecule has 0 unspecified atom stereocenters. The van der Waals surface area contributed by atoms with Gasteiger partial charge in [-0.2, -0.15) is 0 Å². The third-order valence-electron chi connectivity index (χ3n) is 1.48. The number of amides is 1. The predicted molar refractivity (Wildman–Crippen MR) is 65.3 cm³/mol. The van der Waals surface area contributed by atoms with Crippen LogP contribution in [0.4, 0.5) is 10.5 Å². The predicted octanol–water partition coefficient (Wildman–Crippen LogP) is 3.94. The molecule has 0 saturated heterocycles. The number of nitrogens with one attached hydrogen (secondary N) is 1. The van der Waals surface area contributed by atoms with Gasteiger partial charge in [0.15, 0.2) is 0 Å². The van der Waals surface area contributed by atoms with Gasteiger partial charge in [0.2, 0.25) is 0 Å². The third kappa shape index (κ3) is 4.08. The highest BCUT2D eigenvalue weighted by atomic mass is 35.5. The quantitative estimate of drug-likeness (QED) is 0.498. The van der Waals surface area contributed by atoms with Gasteiger partial charge in [-0.1, -0.05) is 28.4 Å². The van der Waals surface area contributed by atoms with Crippen molar-refractivity contribution in [3.05, 3.63) is 28.2 Å². The minimum atomic E-state index is -0.703. The van der Waals surface area contributed by atoms with Crippen LogP contribution in [-0.4, -0.2) is 11.8 Å². The molecule has 0 heterocycles. The lowest BCUT2D eigenvalue weighted by Crippen LogP contribution is -2.11. The van der Waals surface area contributed by atoms with Crippen LogP contribution in [0.2, 0.25) is 10.0 Å². The number of carbonyl (C=O) groups excluding carboxylic acids is 1. The number of oxime groups is 1. The molecule has 6 heteroatoms. The largest absolute Gasteiger partial charge is 0.437 e. The van der Waals surface area contributed by atoms with Crippen LogP contribution in [0.3, 0.4) is 0 Å². The summed E-state index contributed by atoms with van der Waals surface area (Å²) in [5, 5.41) is 6.76. The van der Waals surface area contributed by atoms with E-state index >= 15 is 0 Å². The van der Waals surface area contributed by atoms with E-state index in [1.807, 2.05) is 0 Å². The molecule has 0 aliphatic rings. The standard InChI is InChI=1S/C10H10Cl2N2O2/c1-6(2)14-16-10(15)13-9-4-3-7(11)5-8(9)12/h3-5H,1-2H3,(H,13,15). The summed E-state index contributed by atoms with van der Waals surface area (Å²) in [6, 6.07) is 4.71. The fourth-order valence-corrected chi connectivity index (χ4v) is 1.31. The zero-order valence-electron chi connectivity index (χ0n) is 8.75. The van der Waals surface area contributed by atoms with Crippen molar-refractivity contribution in [1.82, 2.24) is 0 Å². The van der Waals surface area contributed by atoms with Gasteiger partial charge in [-0.3, -0.25) is 10.2 Å². The highest BCUT2D eigenvalue weighted by molar-refractivity contribution is 6.36. The van der Waals surface area contributed by atoms with E-state index in [-0.39, 0.29) is 0 Å². The van der Waals surface area contributed by atoms with Crippen molar-refractivity contribution < 1.29 is 9.63 Å². The molecule has 0 aliphatic carbocycles. The number of hydrogen-bond donors (Lipinski definition) is 1. The number of benzene rings is 1. The maximum atomic E-state index is 11.2. The van der Waals surface area contributed by atoms with Gasteiger partial charge in [0, 0.05) is 5.02 Å². The van der Waals surface area contributed by atoms with Crippen LogP contribution in [-0.2, 0) is 4.84 Å². The lowest BCUT2D eigenvalue weighted by Gasteiger charge is -2.05. The SMILES string of the molecule is CC(C)=NOC(=O)Nc1ccc(Cl)cc1Cl. The lowest BCUT2D eigenvalue weighted by atomic mass is 10.3. The first-order valence-corrected chi connectivity index (χ1v) is 5.19. The maximum absolute atomic E-state index is 11.2. The van der Waals surface area contributed by atoms with E-state index in [9.17, 15) is 4.79 Å². The minimum Gasteiger partial charge on any atom is -0.298 e. The van der Waals surface area contributed by atoms with Crippen LogP contribution in [0.5, 0.6) is 0 Å². The second-order valence-corrected chi connectivity index (χ2v) is 4.01. The van der Waals surface area contributed by atoms with Crippen molar-refractivity contribution in [2.24, 2.45) is 5.16 Å². The normalized spacial score (nSPS) is 9.50. The van der Waals surface area contributed by atoms with E-state index in [2.05, 4.69) is 15.3 Å². The van der Waals surface area contributed by atoms with Crippen molar-refractivity contribution >= 4 is 40.7 Å². The molecule has 1 aromatic carbocycles. The molecule has 1 N–H and O–H groups in total. The zero-order chi connectivity index (χ0) is 12.1. The first-order valence-electron chi connectivity index (χ1n) is 4.43. The summed E-state index contributed by atoms with van der Waals surface area (Å²) in [5.74, 6) is 0. The van der Waals surface area contributed by atoms with Gasteiger partial charge < -0.3 is 0 Å². The Balaban J connectivity index is 2.66. The molecular formula is C10H10Cl2N2O2. The Hall–Kier alpha value is -1.26. The third-order valence-corrected chi connectivity index (χ3v) is 2.03. The van der Waals surface area contributed by atoms with Crippen molar-refractivity contribution in [2.45, 2.75) is 13.8 Å². The van der Waals surface area contributed by atoms with Gasteiger partial charge in [0.25, 0.3) is 0 Å². The van der Waals surface area contributed by atoms with Crippen LogP contribution in [0, 0.1) is 0 Å². The Bertz CT molecular complexity index is 429. The van der Waals surface area contributed by atoms with Gasteiger partial charge in [-0.25, -0.2) is 4.79 Å². The van der Waals surface area contributed by atoms with Crippen molar-refractivity contribution in [3.63, 3.8) is 0 Å². The molecule has 0 fully saturated rings. The number of carbonyl (C=O) groups is 1. The molecule has 0 spiro atoms. The number of nitrogens with zero attached hydrogens (tertiary/aromatic N) is 1. The van der Waals surface area contributed by atoms with E-state index in [1.54, 1.807) is 26.0 Å². The molecule has 0 radical (unpaired) electrons. The molecule has 1 rings (SSSR count). The molecule has 1 amide bonds. The summed E-state index contributed by atoms with van der Waals surface area (Å²) in [5.41, 5.74) is 1.05. The van der Waals surface area contributed by atoms with E-state index < -0.39 is 6.09 Å². The molecular weight excluding hydrogens is 251 g/mol. The molecule has 16 heavy (non-hydrogen) atoms. The Morgan fingerprint density at radius 3 is 2.62 bits per heavy atom. The molecule has 0 atom stereocenters. The van der Waals surface area contributed by atoms with E-state index in [1.165, 1.54) is 6.07 Å². The zero-order valence-corrected chi connectivity index (χ0v) is 10.3. The number of rotatable bonds is 2. The molecule has 86 valence electrons. The first-order chi connectivity index (χ1) is 7.49. The van der Waals surface area contributed by atoms with E-state index in [4.69, 9.17) is 23.2 Å². The Morgan fingerprint density at radius 2 is 2.06 bits per heavy atom. The summed E-state index contributed by atoms with van der Waals surface area (Å²) in [6.07, 6.45) is -0.703. The topological polar surface area (TPSA) is 50.7 Å². The summed E-state index contributed by atoms with van der Waals surface area (Å²) < 4.78 is 0. The average Bonchev–Trinajstić information content (AvgIpc) is 2.19. The van der Waals surface area contributed by atoms with Crippen LogP contribution in [0.1, 0.15) is 13.8 Å². The van der Waals surface area contributed by atoms with Crippen molar-refractivity contribution in [1.29, 1.82) is 0 Å². The van der Waals surface area contributed by atoms with Gasteiger partial charge in [0.1, 0.15) is 0 Å². The van der Waals surface area contributed by atoms with E-state index in [0.29, 0.717) is 21.4 Å². The Kier molecular flexibility index (Phi) is 4.58. The van der Waals surface area contributed by atoms with Crippen molar-refractivity contribution in [3.8, 4) is 0 Å². The number of hydrogen-bond acceptors (Lipinski definition) is 3. The lowest BCUT2D eigenvalue weighted by molar-refractivity contribution is 0.166. The van der Waals surface area contributed by atoms with Crippen LogP contribution >= 0.6 is 23.2 Å². The Labute approximate surface area is 103 Å². The average molecular weight is 261 g/mol. The molecule has 0 aliphatic heterocycles. The number of halogens is 2. The van der Waals surface area contributed by atoms with Crippen LogP contribution in [0.25, 0.3) is 0 Å². The smallest absolute Gasteiger partial charge is 0.298 e. The maximum Gasteiger partial charge on any atom is 0.437 e. The number of anilines is 1. The van der Waals surface area contributed by atoms with Crippen molar-refractivity contribution in [2.75, 3.05) is 5.32 Å². The first kappa shape index (κ1) is 12.8. The monoisotopic (exact) mass is 260 g/mol. The van der Waals surface area contributed by atoms with Gasteiger partial charge >= 0.3 is 6.09 Å². The highest BCUT2D eigenvalue weighted by Crippen LogP contribution is 2.25. The van der Waals surface area contributed by atoms with Gasteiger partial charge in [-0.05, 0) is 32.0 Å². The summed E-state index contributed by atoms with van der Waals surface area (Å²) in [6.45, 7) is 3.42. The fraction of sp³-hybridized carbons (Fsp3) is 0.200. The second kappa shape index (κ2) is 5.72. The molecule has 4 nitrogen and oxygen atoms in total. The van der Waals surface area contributed by atoms with Crippen LogP contribution < -0.4 is 5.32 Å². The van der Waals surface area contributed by atoms with Gasteiger partial charge in [-0.15, -0.1) is 0 Å². The van der Waals surface area contributed by atoms with Gasteiger partial charge in [0.05, 0.1) is 16.4 Å². The van der Waals surface area contributed by atoms with Crippen LogP contribution in [0.15, 0.2) is 23.4 Å². The fourth-order valence-electron chi connectivity index (χ4n) is 0.856. The minimum absolute atomic E-state index is 0.335. The second-order valence-electron chi connectivity index (χ2n) is 3.17.